The van der Waals surface area contributed by atoms with Gasteiger partial charge in [-0.1, -0.05) is 30.3 Å². The third-order valence-electron chi connectivity index (χ3n) is 2.99. The maximum atomic E-state index is 12.8. The van der Waals surface area contributed by atoms with E-state index < -0.39 is 17.6 Å². The Hall–Kier alpha value is -2.83. The molecule has 2 aromatic carbocycles. The molecule has 1 N–H and O–H groups in total. The van der Waals surface area contributed by atoms with Gasteiger partial charge in [0.05, 0.1) is 24.5 Å². The van der Waals surface area contributed by atoms with Gasteiger partial charge in [-0.3, -0.25) is 4.79 Å². The van der Waals surface area contributed by atoms with Crippen molar-refractivity contribution in [2.24, 2.45) is 5.10 Å². The molecule has 120 valence electrons. The lowest BCUT2D eigenvalue weighted by Gasteiger charge is -2.09. The Bertz CT molecular complexity index is 727. The zero-order valence-electron chi connectivity index (χ0n) is 12.1. The third kappa shape index (κ3) is 4.09. The van der Waals surface area contributed by atoms with E-state index in [9.17, 15) is 18.0 Å². The van der Waals surface area contributed by atoms with Crippen LogP contribution in [0.15, 0.2) is 53.6 Å². The molecule has 0 saturated heterocycles. The molecule has 0 aromatic heterocycles. The van der Waals surface area contributed by atoms with Gasteiger partial charge in [0.1, 0.15) is 5.75 Å². The molecule has 0 aliphatic heterocycles. The van der Waals surface area contributed by atoms with Crippen molar-refractivity contribution >= 4 is 12.1 Å². The van der Waals surface area contributed by atoms with Crippen LogP contribution in [0.4, 0.5) is 13.2 Å². The fourth-order valence-corrected chi connectivity index (χ4v) is 1.92. The van der Waals surface area contributed by atoms with Crippen LogP contribution in [0.2, 0.25) is 0 Å². The highest BCUT2D eigenvalue weighted by atomic mass is 19.4. The predicted molar refractivity (Wildman–Crippen MR) is 79.5 cm³/mol. The molecule has 0 fully saturated rings. The largest absolute Gasteiger partial charge is 0.496 e. The van der Waals surface area contributed by atoms with E-state index in [0.717, 1.165) is 12.3 Å². The van der Waals surface area contributed by atoms with Gasteiger partial charge < -0.3 is 4.74 Å². The monoisotopic (exact) mass is 322 g/mol. The summed E-state index contributed by atoms with van der Waals surface area (Å²) in [6.45, 7) is 0. The van der Waals surface area contributed by atoms with Gasteiger partial charge in [0.15, 0.2) is 0 Å². The van der Waals surface area contributed by atoms with Gasteiger partial charge >= 0.3 is 6.18 Å². The van der Waals surface area contributed by atoms with Gasteiger partial charge in [-0.2, -0.15) is 18.3 Å². The lowest BCUT2D eigenvalue weighted by Crippen LogP contribution is -2.18. The summed E-state index contributed by atoms with van der Waals surface area (Å²) in [6.07, 6.45) is -3.54. The summed E-state index contributed by atoms with van der Waals surface area (Å²) >= 11 is 0. The molecule has 0 bridgehead atoms. The Labute approximate surface area is 130 Å². The molecule has 0 heterocycles. The summed E-state index contributed by atoms with van der Waals surface area (Å²) in [4.78, 5) is 12.0. The first-order valence-electron chi connectivity index (χ1n) is 6.56. The van der Waals surface area contributed by atoms with E-state index in [1.807, 2.05) is 0 Å². The molecule has 7 heteroatoms. The molecule has 1 amide bonds. The number of nitrogens with one attached hydrogen (secondary N) is 1. The number of alkyl halides is 3. The van der Waals surface area contributed by atoms with E-state index in [4.69, 9.17) is 4.74 Å². The number of para-hydroxylation sites is 1. The maximum Gasteiger partial charge on any atom is 0.417 e. The summed E-state index contributed by atoms with van der Waals surface area (Å²) in [5.74, 6) is -0.237. The quantitative estimate of drug-likeness (QED) is 0.692. The lowest BCUT2D eigenvalue weighted by molar-refractivity contribution is -0.137. The van der Waals surface area contributed by atoms with E-state index in [2.05, 4.69) is 10.5 Å². The minimum Gasteiger partial charge on any atom is -0.496 e. The van der Waals surface area contributed by atoms with Crippen molar-refractivity contribution in [2.45, 2.75) is 6.18 Å². The van der Waals surface area contributed by atoms with Crippen molar-refractivity contribution in [1.29, 1.82) is 0 Å². The molecule has 0 radical (unpaired) electrons. The van der Waals surface area contributed by atoms with Gasteiger partial charge in [0.25, 0.3) is 5.91 Å². The number of ether oxygens (including phenoxy) is 1. The number of carbonyl (C=O) groups excluding carboxylic acids is 1. The minimum absolute atomic E-state index is 0.139. The molecule has 2 aromatic rings. The molecule has 0 unspecified atom stereocenters. The standard InChI is InChI=1S/C16H13F3N2O2/c1-23-14-9-5-3-7-12(14)15(22)21-20-10-11-6-2-4-8-13(11)16(17,18)19/h2-10H,1H3,(H,21,22). The Kier molecular flexibility index (Phi) is 5.00. The smallest absolute Gasteiger partial charge is 0.417 e. The Morgan fingerprint density at radius 2 is 1.78 bits per heavy atom. The van der Waals surface area contributed by atoms with Crippen LogP contribution in [0.3, 0.4) is 0 Å². The van der Waals surface area contributed by atoms with Crippen LogP contribution in [-0.4, -0.2) is 19.2 Å². The van der Waals surface area contributed by atoms with Crippen LogP contribution in [0.5, 0.6) is 5.75 Å². The van der Waals surface area contributed by atoms with Gasteiger partial charge in [-0.25, -0.2) is 5.43 Å². The summed E-state index contributed by atoms with van der Waals surface area (Å²) in [5, 5.41) is 3.59. The molecule has 0 aliphatic carbocycles. The molecule has 0 saturated carbocycles. The first-order chi connectivity index (χ1) is 10.9. The molecular weight excluding hydrogens is 309 g/mol. The van der Waals surface area contributed by atoms with Crippen LogP contribution in [-0.2, 0) is 6.18 Å². The van der Waals surface area contributed by atoms with Crippen molar-refractivity contribution in [3.63, 3.8) is 0 Å². The van der Waals surface area contributed by atoms with E-state index >= 15 is 0 Å². The maximum absolute atomic E-state index is 12.8. The summed E-state index contributed by atoms with van der Waals surface area (Å²) < 4.78 is 43.5. The second-order valence-electron chi connectivity index (χ2n) is 4.48. The minimum atomic E-state index is -4.49. The topological polar surface area (TPSA) is 50.7 Å². The van der Waals surface area contributed by atoms with E-state index in [-0.39, 0.29) is 11.1 Å². The Morgan fingerprint density at radius 3 is 2.48 bits per heavy atom. The highest BCUT2D eigenvalue weighted by molar-refractivity contribution is 5.97. The fourth-order valence-electron chi connectivity index (χ4n) is 1.92. The SMILES string of the molecule is COc1ccccc1C(=O)NN=Cc1ccccc1C(F)(F)F. The second kappa shape index (κ2) is 6.95. The van der Waals surface area contributed by atoms with Gasteiger partial charge in [0, 0.05) is 5.56 Å². The van der Waals surface area contributed by atoms with Gasteiger partial charge in [-0.15, -0.1) is 0 Å². The van der Waals surface area contributed by atoms with Crippen LogP contribution in [0.1, 0.15) is 21.5 Å². The number of carbonyl (C=O) groups is 1. The average Bonchev–Trinajstić information content (AvgIpc) is 2.54. The number of amides is 1. The van der Waals surface area contributed by atoms with Crippen LogP contribution in [0.25, 0.3) is 0 Å². The molecule has 0 atom stereocenters. The van der Waals surface area contributed by atoms with Gasteiger partial charge in [-0.05, 0) is 18.2 Å². The van der Waals surface area contributed by atoms with Crippen LogP contribution >= 0.6 is 0 Å². The van der Waals surface area contributed by atoms with Crippen molar-refractivity contribution in [3.8, 4) is 5.75 Å². The number of hydrogen-bond donors (Lipinski definition) is 1. The summed E-state index contributed by atoms with van der Waals surface area (Å²) in [7, 11) is 1.41. The number of methoxy groups -OCH3 is 1. The predicted octanol–water partition coefficient (Wildman–Crippen LogP) is 3.48. The zero-order valence-corrected chi connectivity index (χ0v) is 12.1. The van der Waals surface area contributed by atoms with Crippen molar-refractivity contribution < 1.29 is 22.7 Å². The fraction of sp³-hybridized carbons (Fsp3) is 0.125. The molecular formula is C16H13F3N2O2. The molecule has 0 aliphatic rings. The Balaban J connectivity index is 2.15. The molecule has 2 rings (SSSR count). The Morgan fingerprint density at radius 1 is 1.13 bits per heavy atom. The number of nitrogens with zero attached hydrogens (tertiary/aromatic N) is 1. The molecule has 23 heavy (non-hydrogen) atoms. The van der Waals surface area contributed by atoms with Crippen LogP contribution in [0, 0.1) is 0 Å². The van der Waals surface area contributed by atoms with E-state index in [1.54, 1.807) is 18.2 Å². The first kappa shape index (κ1) is 16.5. The number of hydrazone groups is 1. The lowest BCUT2D eigenvalue weighted by atomic mass is 10.1. The van der Waals surface area contributed by atoms with Crippen molar-refractivity contribution in [3.05, 3.63) is 65.2 Å². The summed E-state index contributed by atoms with van der Waals surface area (Å²) in [5.41, 5.74) is 1.45. The molecule has 4 nitrogen and oxygen atoms in total. The normalized spacial score (nSPS) is 11.5. The van der Waals surface area contributed by atoms with Crippen LogP contribution < -0.4 is 10.2 Å². The highest BCUT2D eigenvalue weighted by Crippen LogP contribution is 2.31. The van der Waals surface area contributed by atoms with E-state index in [0.29, 0.717) is 5.75 Å². The third-order valence-corrected chi connectivity index (χ3v) is 2.99. The second-order valence-corrected chi connectivity index (χ2v) is 4.48. The number of rotatable bonds is 4. The first-order valence-corrected chi connectivity index (χ1v) is 6.56. The zero-order chi connectivity index (χ0) is 16.9. The van der Waals surface area contributed by atoms with Crippen molar-refractivity contribution in [1.82, 2.24) is 5.43 Å². The van der Waals surface area contributed by atoms with Crippen molar-refractivity contribution in [2.75, 3.05) is 7.11 Å². The number of halogens is 3. The van der Waals surface area contributed by atoms with E-state index in [1.165, 1.54) is 31.4 Å². The molecule has 0 spiro atoms. The number of hydrogen-bond acceptors (Lipinski definition) is 3. The highest BCUT2D eigenvalue weighted by Gasteiger charge is 2.32. The summed E-state index contributed by atoms with van der Waals surface area (Å²) in [6, 6.07) is 11.4. The van der Waals surface area contributed by atoms with Gasteiger partial charge in [0.2, 0.25) is 0 Å². The number of benzene rings is 2. The average molecular weight is 322 g/mol.